The fourth-order valence-electron chi connectivity index (χ4n) is 2.52. The normalized spacial score (nSPS) is 22.4. The van der Waals surface area contributed by atoms with Crippen molar-refractivity contribution < 1.29 is 9.21 Å². The van der Waals surface area contributed by atoms with E-state index in [4.69, 9.17) is 4.42 Å². The molecule has 2 aliphatic rings. The van der Waals surface area contributed by atoms with Gasteiger partial charge in [-0.25, -0.2) is 4.98 Å². The van der Waals surface area contributed by atoms with Crippen LogP contribution in [0.25, 0.3) is 0 Å². The Bertz CT molecular complexity index is 563. The number of likely N-dealkylation sites (N-methyl/N-ethyl adjacent to an activating group) is 1. The van der Waals surface area contributed by atoms with Gasteiger partial charge in [0.2, 0.25) is 5.91 Å². The number of hydrogen-bond acceptors (Lipinski definition) is 6. The Labute approximate surface area is 116 Å². The molecule has 0 bridgehead atoms. The SMILES string of the molecule is CNC1C(=O)N(CC2=CCCN=N2)CCc2ncoc21. The molecule has 0 spiro atoms. The van der Waals surface area contributed by atoms with E-state index in [2.05, 4.69) is 20.5 Å². The van der Waals surface area contributed by atoms with Crippen LogP contribution in [0.15, 0.2) is 32.8 Å². The number of fused-ring (bicyclic) bond motifs is 1. The monoisotopic (exact) mass is 275 g/mol. The molecule has 2 aliphatic heterocycles. The van der Waals surface area contributed by atoms with Gasteiger partial charge in [0.05, 0.1) is 24.5 Å². The molecule has 1 unspecified atom stereocenters. The molecule has 106 valence electrons. The predicted molar refractivity (Wildman–Crippen MR) is 71.0 cm³/mol. The predicted octanol–water partition coefficient (Wildman–Crippen LogP) is 1.06. The second kappa shape index (κ2) is 5.54. The number of nitrogens with one attached hydrogen (secondary N) is 1. The van der Waals surface area contributed by atoms with Gasteiger partial charge in [-0.1, -0.05) is 6.08 Å². The molecule has 20 heavy (non-hydrogen) atoms. The third-order valence-corrected chi connectivity index (χ3v) is 3.56. The van der Waals surface area contributed by atoms with E-state index in [0.717, 1.165) is 24.4 Å². The number of amides is 1. The summed E-state index contributed by atoms with van der Waals surface area (Å²) in [6, 6.07) is -0.476. The lowest BCUT2D eigenvalue weighted by atomic mass is 10.1. The Morgan fingerprint density at radius 2 is 2.45 bits per heavy atom. The van der Waals surface area contributed by atoms with Gasteiger partial charge in [0.1, 0.15) is 6.04 Å². The third kappa shape index (κ3) is 2.36. The first kappa shape index (κ1) is 13.0. The second-order valence-electron chi connectivity index (χ2n) is 4.84. The molecule has 0 radical (unpaired) electrons. The minimum atomic E-state index is -0.476. The molecule has 1 amide bonds. The summed E-state index contributed by atoms with van der Waals surface area (Å²) in [7, 11) is 1.75. The van der Waals surface area contributed by atoms with Crippen LogP contribution in [0.1, 0.15) is 23.9 Å². The highest BCUT2D eigenvalue weighted by Crippen LogP contribution is 2.24. The van der Waals surface area contributed by atoms with Crippen LogP contribution in [0.3, 0.4) is 0 Å². The summed E-state index contributed by atoms with van der Waals surface area (Å²) in [6.07, 6.45) is 5.02. The van der Waals surface area contributed by atoms with Crippen molar-refractivity contribution in [1.29, 1.82) is 0 Å². The first-order chi connectivity index (χ1) is 9.79. The first-order valence-electron chi connectivity index (χ1n) is 6.74. The summed E-state index contributed by atoms with van der Waals surface area (Å²) < 4.78 is 5.37. The molecule has 1 N–H and O–H groups in total. The van der Waals surface area contributed by atoms with Crippen LogP contribution in [-0.2, 0) is 11.2 Å². The Kier molecular flexibility index (Phi) is 3.60. The van der Waals surface area contributed by atoms with Gasteiger partial charge in [0.25, 0.3) is 0 Å². The molecule has 0 saturated carbocycles. The summed E-state index contributed by atoms with van der Waals surface area (Å²) in [5.41, 5.74) is 1.70. The standard InChI is InChI=1S/C13H17N5O2/c1-14-11-12-10(15-8-20-12)4-6-18(13(11)19)7-9-3-2-5-16-17-9/h3,8,11,14H,2,4-7H2,1H3. The van der Waals surface area contributed by atoms with E-state index in [9.17, 15) is 4.79 Å². The lowest BCUT2D eigenvalue weighted by Gasteiger charge is -2.24. The van der Waals surface area contributed by atoms with Crippen molar-refractivity contribution in [3.05, 3.63) is 29.6 Å². The maximum absolute atomic E-state index is 12.6. The van der Waals surface area contributed by atoms with Gasteiger partial charge in [0, 0.05) is 13.0 Å². The maximum atomic E-state index is 12.6. The average molecular weight is 275 g/mol. The van der Waals surface area contributed by atoms with Gasteiger partial charge in [0.15, 0.2) is 12.2 Å². The molecule has 7 nitrogen and oxygen atoms in total. The number of nitrogens with zero attached hydrogens (tertiary/aromatic N) is 4. The molecule has 0 saturated heterocycles. The molecule has 7 heteroatoms. The smallest absolute Gasteiger partial charge is 0.248 e. The van der Waals surface area contributed by atoms with Crippen molar-refractivity contribution in [3.8, 4) is 0 Å². The van der Waals surface area contributed by atoms with Crippen LogP contribution in [0.2, 0.25) is 0 Å². The summed E-state index contributed by atoms with van der Waals surface area (Å²) in [4.78, 5) is 18.6. The Balaban J connectivity index is 1.80. The largest absolute Gasteiger partial charge is 0.446 e. The third-order valence-electron chi connectivity index (χ3n) is 3.56. The summed E-state index contributed by atoms with van der Waals surface area (Å²) in [5, 5.41) is 11.1. The molecule has 0 aromatic carbocycles. The van der Waals surface area contributed by atoms with Gasteiger partial charge < -0.3 is 14.6 Å². The molecular weight excluding hydrogens is 258 g/mol. The zero-order chi connectivity index (χ0) is 13.9. The molecule has 1 aromatic heterocycles. The van der Waals surface area contributed by atoms with E-state index < -0.39 is 6.04 Å². The van der Waals surface area contributed by atoms with E-state index >= 15 is 0 Å². The highest BCUT2D eigenvalue weighted by Gasteiger charge is 2.33. The zero-order valence-corrected chi connectivity index (χ0v) is 11.4. The number of hydrogen-bond donors (Lipinski definition) is 1. The zero-order valence-electron chi connectivity index (χ0n) is 11.4. The van der Waals surface area contributed by atoms with Crippen molar-refractivity contribution in [2.75, 3.05) is 26.7 Å². The lowest BCUT2D eigenvalue weighted by Crippen LogP contribution is -2.40. The van der Waals surface area contributed by atoms with Gasteiger partial charge in [-0.3, -0.25) is 4.79 Å². The van der Waals surface area contributed by atoms with Crippen LogP contribution in [0.5, 0.6) is 0 Å². The van der Waals surface area contributed by atoms with Crippen LogP contribution in [0, 0.1) is 0 Å². The topological polar surface area (TPSA) is 83.1 Å². The van der Waals surface area contributed by atoms with E-state index in [-0.39, 0.29) is 5.91 Å². The van der Waals surface area contributed by atoms with E-state index in [1.807, 2.05) is 6.08 Å². The van der Waals surface area contributed by atoms with Gasteiger partial charge in [-0.15, -0.1) is 0 Å². The summed E-state index contributed by atoms with van der Waals surface area (Å²) >= 11 is 0. The number of carbonyl (C=O) groups is 1. The van der Waals surface area contributed by atoms with Crippen LogP contribution in [0.4, 0.5) is 0 Å². The molecule has 0 fully saturated rings. The van der Waals surface area contributed by atoms with Crippen molar-refractivity contribution in [2.24, 2.45) is 10.2 Å². The van der Waals surface area contributed by atoms with E-state index in [1.54, 1.807) is 11.9 Å². The second-order valence-corrected chi connectivity index (χ2v) is 4.84. The van der Waals surface area contributed by atoms with Gasteiger partial charge >= 0.3 is 0 Å². The number of aromatic nitrogens is 1. The Morgan fingerprint density at radius 3 is 3.20 bits per heavy atom. The van der Waals surface area contributed by atoms with Crippen molar-refractivity contribution >= 4 is 5.91 Å². The van der Waals surface area contributed by atoms with Gasteiger partial charge in [-0.2, -0.15) is 10.2 Å². The molecule has 3 rings (SSSR count). The van der Waals surface area contributed by atoms with Crippen molar-refractivity contribution in [3.63, 3.8) is 0 Å². The first-order valence-corrected chi connectivity index (χ1v) is 6.74. The molecule has 1 aromatic rings. The quantitative estimate of drug-likeness (QED) is 0.894. The maximum Gasteiger partial charge on any atom is 0.248 e. The fraction of sp³-hybridized carbons (Fsp3) is 0.538. The highest BCUT2D eigenvalue weighted by molar-refractivity contribution is 5.83. The number of rotatable bonds is 3. The summed E-state index contributed by atoms with van der Waals surface area (Å²) in [6.45, 7) is 1.84. The van der Waals surface area contributed by atoms with Crippen LogP contribution in [-0.4, -0.2) is 42.5 Å². The molecular formula is C13H17N5O2. The lowest BCUT2D eigenvalue weighted by molar-refractivity contribution is -0.133. The minimum absolute atomic E-state index is 0.00956. The van der Waals surface area contributed by atoms with Crippen LogP contribution >= 0.6 is 0 Å². The number of azo groups is 1. The van der Waals surface area contributed by atoms with Gasteiger partial charge in [-0.05, 0) is 13.5 Å². The number of oxazole rings is 1. The Morgan fingerprint density at radius 1 is 1.55 bits per heavy atom. The Hall–Kier alpha value is -2.02. The highest BCUT2D eigenvalue weighted by atomic mass is 16.3. The van der Waals surface area contributed by atoms with Crippen molar-refractivity contribution in [2.45, 2.75) is 18.9 Å². The molecule has 0 aliphatic carbocycles. The number of carbonyl (C=O) groups excluding carboxylic acids is 1. The van der Waals surface area contributed by atoms with E-state index in [0.29, 0.717) is 25.3 Å². The minimum Gasteiger partial charge on any atom is -0.446 e. The summed E-state index contributed by atoms with van der Waals surface area (Å²) in [5.74, 6) is 0.615. The molecule has 1 atom stereocenters. The van der Waals surface area contributed by atoms with Crippen molar-refractivity contribution in [1.82, 2.24) is 15.2 Å². The van der Waals surface area contributed by atoms with E-state index in [1.165, 1.54) is 6.39 Å². The average Bonchev–Trinajstić information content (AvgIpc) is 2.89. The fourth-order valence-corrected chi connectivity index (χ4v) is 2.52. The molecule has 3 heterocycles. The van der Waals surface area contributed by atoms with Crippen LogP contribution < -0.4 is 5.32 Å².